The van der Waals surface area contributed by atoms with E-state index in [-0.39, 0.29) is 78.9 Å². The first kappa shape index (κ1) is 55.0. The molecule has 300 valence electrons. The minimum atomic E-state index is -1.48. The summed E-state index contributed by atoms with van der Waals surface area (Å²) in [4.78, 5) is 47.4. The molecule has 0 heterocycles. The maximum Gasteiger partial charge on any atom is 2.00 e. The number of carboxylic acid groups (broad SMARTS) is 4. The summed E-state index contributed by atoms with van der Waals surface area (Å²) < 4.78 is 0. The molecule has 54 heavy (non-hydrogen) atoms. The number of hydrogen-bond acceptors (Lipinski definition) is 8. The Kier molecular flexibility index (Phi) is 18.1. The number of carbonyl (C=O) groups excluding carboxylic acids is 4. The molecular weight excluding hydrogens is 705 g/mol. The van der Waals surface area contributed by atoms with E-state index in [2.05, 4.69) is 83.1 Å². The van der Waals surface area contributed by atoms with Gasteiger partial charge in [-0.15, -0.1) is 0 Å². The second-order valence-electron chi connectivity index (χ2n) is 21.9. The van der Waals surface area contributed by atoms with Gasteiger partial charge in [-0.05, 0) is 92.3 Å². The number of rotatable bonds is 6. The summed E-state index contributed by atoms with van der Waals surface area (Å²) in [6.07, 6.45) is 8.23. The van der Waals surface area contributed by atoms with E-state index in [1.807, 2.05) is 41.5 Å². The topological polar surface area (TPSA) is 161 Å². The molecule has 2 unspecified atom stereocenters. The van der Waals surface area contributed by atoms with Crippen LogP contribution in [-0.2, 0) is 19.2 Å². The van der Waals surface area contributed by atoms with Crippen LogP contribution in [0, 0.1) is 54.1 Å². The van der Waals surface area contributed by atoms with E-state index in [1.54, 1.807) is 0 Å². The van der Waals surface area contributed by atoms with Crippen LogP contribution in [0.25, 0.3) is 0 Å². The Hall–Kier alpha value is -1.11. The van der Waals surface area contributed by atoms with E-state index in [0.29, 0.717) is 12.8 Å². The molecule has 0 bridgehead atoms. The monoisotopic (exact) mass is 776 g/mol. The number of carbonyl (C=O) groups is 4. The molecule has 2 saturated carbocycles. The summed E-state index contributed by atoms with van der Waals surface area (Å²) in [5.41, 5.74) is -4.77. The van der Waals surface area contributed by atoms with Gasteiger partial charge in [0.25, 0.3) is 0 Å². The van der Waals surface area contributed by atoms with Crippen molar-refractivity contribution in [2.45, 2.75) is 176 Å². The maximum absolute atomic E-state index is 12.3. The minimum Gasteiger partial charge on any atom is -0.545 e. The first-order valence-corrected chi connectivity index (χ1v) is 19.2. The zero-order chi connectivity index (χ0) is 41.5. The fraction of sp³-hybridized carbons (Fsp3) is 0.818. The Labute approximate surface area is 360 Å². The summed E-state index contributed by atoms with van der Waals surface area (Å²) in [5.74, 6) is -5.75. The molecule has 2 aliphatic rings. The third-order valence-electron chi connectivity index (χ3n) is 13.7. The standard InChI is InChI=1S/2C22H38O4.2Mg/c2*1-18(2,3)21(15(17(25)26)14-16(23)24)12-10-11-13-22(21,19(4,5)6)20(7,8)9;;/h2*14H,10-13H2,1-9H3,(H,23,24)(H,25,26);;/q;;2*+2/p-4/b2*15-14+;;. The van der Waals surface area contributed by atoms with E-state index in [0.717, 1.165) is 50.7 Å². The van der Waals surface area contributed by atoms with Gasteiger partial charge in [0.2, 0.25) is 0 Å². The Morgan fingerprint density at radius 3 is 0.741 bits per heavy atom. The third-order valence-corrected chi connectivity index (χ3v) is 13.7. The van der Waals surface area contributed by atoms with Crippen molar-refractivity contribution < 1.29 is 39.6 Å². The smallest absolute Gasteiger partial charge is 0.545 e. The van der Waals surface area contributed by atoms with Gasteiger partial charge in [-0.3, -0.25) is 0 Å². The van der Waals surface area contributed by atoms with Crippen molar-refractivity contribution in [3.8, 4) is 0 Å². The van der Waals surface area contributed by atoms with Gasteiger partial charge in [0.1, 0.15) is 0 Å². The first-order valence-electron chi connectivity index (χ1n) is 19.2. The van der Waals surface area contributed by atoms with Crippen LogP contribution < -0.4 is 20.4 Å². The van der Waals surface area contributed by atoms with Crippen molar-refractivity contribution in [1.82, 2.24) is 0 Å². The van der Waals surface area contributed by atoms with E-state index in [4.69, 9.17) is 0 Å². The molecule has 0 aliphatic heterocycles. The first-order chi connectivity index (χ1) is 22.9. The van der Waals surface area contributed by atoms with Crippen LogP contribution in [0.3, 0.4) is 0 Å². The Bertz CT molecular complexity index is 1280. The number of carboxylic acids is 4. The van der Waals surface area contributed by atoms with Crippen LogP contribution in [0.2, 0.25) is 0 Å². The molecule has 2 aliphatic carbocycles. The number of hydrogen-bond donors (Lipinski definition) is 0. The van der Waals surface area contributed by atoms with Crippen molar-refractivity contribution >= 4 is 70.0 Å². The summed E-state index contributed by atoms with van der Waals surface area (Å²) >= 11 is 0. The molecule has 0 saturated heterocycles. The van der Waals surface area contributed by atoms with Gasteiger partial charge in [0.05, 0.1) is 23.9 Å². The van der Waals surface area contributed by atoms with Crippen molar-refractivity contribution in [1.29, 1.82) is 0 Å². The second-order valence-corrected chi connectivity index (χ2v) is 21.9. The zero-order valence-corrected chi connectivity index (χ0v) is 40.3. The van der Waals surface area contributed by atoms with Crippen LogP contribution in [0.1, 0.15) is 176 Å². The summed E-state index contributed by atoms with van der Waals surface area (Å²) in [5, 5.41) is 47.4. The van der Waals surface area contributed by atoms with E-state index in [9.17, 15) is 39.6 Å². The van der Waals surface area contributed by atoms with Crippen molar-refractivity contribution in [2.24, 2.45) is 54.1 Å². The fourth-order valence-electron chi connectivity index (χ4n) is 13.2. The van der Waals surface area contributed by atoms with Gasteiger partial charge in [-0.2, -0.15) is 0 Å². The Balaban J connectivity index is 0. The minimum absolute atomic E-state index is 0. The molecule has 8 nitrogen and oxygen atoms in total. The molecule has 0 amide bonds. The van der Waals surface area contributed by atoms with E-state index >= 15 is 0 Å². The quantitative estimate of drug-likeness (QED) is 0.255. The fourth-order valence-corrected chi connectivity index (χ4v) is 13.2. The van der Waals surface area contributed by atoms with Gasteiger partial charge in [-0.25, -0.2) is 0 Å². The van der Waals surface area contributed by atoms with Gasteiger partial charge < -0.3 is 39.6 Å². The van der Waals surface area contributed by atoms with E-state index < -0.39 is 56.4 Å². The molecular formula is C44H72Mg2O8. The molecule has 0 aromatic rings. The predicted octanol–water partition coefficient (Wildman–Crippen LogP) is 5.43. The van der Waals surface area contributed by atoms with Crippen LogP contribution in [-0.4, -0.2) is 70.0 Å². The van der Waals surface area contributed by atoms with Gasteiger partial charge >= 0.3 is 46.1 Å². The molecule has 2 atom stereocenters. The van der Waals surface area contributed by atoms with Crippen LogP contribution in [0.15, 0.2) is 23.3 Å². The van der Waals surface area contributed by atoms with Crippen LogP contribution in [0.5, 0.6) is 0 Å². The molecule has 0 aromatic carbocycles. The predicted molar refractivity (Wildman–Crippen MR) is 211 cm³/mol. The van der Waals surface area contributed by atoms with Crippen LogP contribution in [0.4, 0.5) is 0 Å². The Morgan fingerprint density at radius 2 is 0.593 bits per heavy atom. The average molecular weight is 778 g/mol. The molecule has 0 spiro atoms. The molecule has 0 aromatic heterocycles. The molecule has 2 fully saturated rings. The molecule has 10 heteroatoms. The summed E-state index contributed by atoms with van der Waals surface area (Å²) in [7, 11) is 0. The average Bonchev–Trinajstić information content (AvgIpc) is 2.90. The molecule has 0 radical (unpaired) electrons. The Morgan fingerprint density at radius 1 is 0.389 bits per heavy atom. The third kappa shape index (κ3) is 9.27. The van der Waals surface area contributed by atoms with Gasteiger partial charge in [0, 0.05) is 10.8 Å². The normalized spacial score (nSPS) is 24.1. The summed E-state index contributed by atoms with van der Waals surface area (Å²) in [6, 6.07) is 0. The van der Waals surface area contributed by atoms with Crippen molar-refractivity contribution in [3.05, 3.63) is 23.3 Å². The van der Waals surface area contributed by atoms with Gasteiger partial charge in [0.15, 0.2) is 0 Å². The van der Waals surface area contributed by atoms with Crippen molar-refractivity contribution in [2.75, 3.05) is 0 Å². The van der Waals surface area contributed by atoms with Crippen LogP contribution >= 0.6 is 0 Å². The van der Waals surface area contributed by atoms with E-state index in [1.165, 1.54) is 0 Å². The maximum atomic E-state index is 12.3. The van der Waals surface area contributed by atoms with Crippen molar-refractivity contribution in [3.63, 3.8) is 0 Å². The summed E-state index contributed by atoms with van der Waals surface area (Å²) in [6.45, 7) is 37.9. The second kappa shape index (κ2) is 17.8. The SMILES string of the molecule is CC(C)(C)C1(/C(=C/C(=O)[O-])C(=O)[O-])CCCCC1(C(C)(C)C)C(C)(C)C.CC(C)(C)C1(/C(=C/C(=O)[O-])C(=O)[O-])CCCCC1(C(C)(C)C)C(C)(C)C.[Mg+2].[Mg+2]. The molecule has 0 N–H and O–H groups in total. The molecule has 2 rings (SSSR count). The number of aliphatic carboxylic acids is 4. The largest absolute Gasteiger partial charge is 2.00 e. The van der Waals surface area contributed by atoms with Gasteiger partial charge in [-0.1, -0.05) is 150 Å². The zero-order valence-electron chi connectivity index (χ0n) is 37.5.